The standard InChI is InChI=1S/C80H96O24S8/c1-73(2,3)41-25-49-65(81)50(26-41)106(91,92)52-28-43(75(7,8)9)30-54(67(52)83)108(95,96)56-32-45(77(13,14)15)34-58(69(56)85)110(99,100)60-36-47(79(19,20)21)38-62(71(60)87)112(103,104)64-40-48(80(22,23)24)39-63(72(64)88)111(101,102)61-37-46(78(16,17)18)35-59(70(61)86)109(97,98)57-33-44(76(10,11)12)31-55(68(57)84)107(93,94)53-29-42(74(4,5)6)27-51(66(53)82)105(49,89)90/h25-40,81-88H,1-24H3. The highest BCUT2D eigenvalue weighted by atomic mass is 32.2. The lowest BCUT2D eigenvalue weighted by Crippen LogP contribution is -2.19. The van der Waals surface area contributed by atoms with Crippen LogP contribution < -0.4 is 0 Å². The number of sulfone groups is 8. The molecule has 0 saturated carbocycles. The van der Waals surface area contributed by atoms with Crippen molar-refractivity contribution in [3.05, 3.63) is 142 Å². The maximum atomic E-state index is 15.9. The minimum absolute atomic E-state index is 0.233. The smallest absolute Gasteiger partial charge is 0.214 e. The van der Waals surface area contributed by atoms with Crippen LogP contribution in [0.15, 0.2) is 175 Å². The molecule has 1 aliphatic heterocycles. The van der Waals surface area contributed by atoms with Crippen LogP contribution in [0.5, 0.6) is 46.0 Å². The third kappa shape index (κ3) is 14.9. The van der Waals surface area contributed by atoms with E-state index >= 15 is 67.3 Å². The number of phenolic OH excluding ortho intramolecular Hbond substituents is 8. The molecule has 0 atom stereocenters. The Bertz CT molecular complexity index is 4980. The van der Waals surface area contributed by atoms with Crippen molar-refractivity contribution in [1.82, 2.24) is 0 Å². The fourth-order valence-corrected chi connectivity index (χ4v) is 25.1. The number of hydrogen-bond acceptors (Lipinski definition) is 24. The minimum Gasteiger partial charge on any atom is -0.505 e. The number of phenols is 8. The molecule has 8 N–H and O–H groups in total. The minimum atomic E-state index is -5.82. The molecule has 0 spiro atoms. The molecule has 8 aromatic rings. The molecule has 0 aliphatic carbocycles. The van der Waals surface area contributed by atoms with Crippen molar-refractivity contribution in [3.63, 3.8) is 0 Å². The Morgan fingerprint density at radius 3 is 0.241 bits per heavy atom. The van der Waals surface area contributed by atoms with Crippen molar-refractivity contribution in [3.8, 4) is 46.0 Å². The van der Waals surface area contributed by atoms with Crippen LogP contribution in [0.2, 0.25) is 0 Å². The van der Waals surface area contributed by atoms with Gasteiger partial charge in [0.2, 0.25) is 78.7 Å². The molecule has 0 saturated heterocycles. The average Bonchev–Trinajstić information content (AvgIpc) is 0.724. The second-order valence-corrected chi connectivity index (χ2v) is 51.7. The maximum Gasteiger partial charge on any atom is 0.214 e. The summed E-state index contributed by atoms with van der Waals surface area (Å²) in [6.45, 7) is 35.5. The third-order valence-electron chi connectivity index (χ3n) is 19.9. The molecule has 9 rings (SSSR count). The van der Waals surface area contributed by atoms with E-state index in [-0.39, 0.29) is 44.5 Å². The van der Waals surface area contributed by atoms with E-state index in [1.54, 1.807) is 0 Å². The molecule has 0 unspecified atom stereocenters. The van der Waals surface area contributed by atoms with Gasteiger partial charge in [-0.1, -0.05) is 166 Å². The van der Waals surface area contributed by atoms with Gasteiger partial charge in [-0.2, -0.15) is 0 Å². The average molecular weight is 1700 g/mol. The molecule has 608 valence electrons. The van der Waals surface area contributed by atoms with Crippen LogP contribution in [0.4, 0.5) is 0 Å². The number of rotatable bonds is 0. The van der Waals surface area contributed by atoms with Crippen molar-refractivity contribution < 1.29 is 108 Å². The van der Waals surface area contributed by atoms with E-state index in [2.05, 4.69) is 0 Å². The number of fused-ring (bicyclic) bond motifs is 16. The molecule has 1 aliphatic rings. The summed E-state index contributed by atoms with van der Waals surface area (Å²) in [5, 5.41) is 101. The van der Waals surface area contributed by atoms with E-state index in [9.17, 15) is 40.9 Å². The highest BCUT2D eigenvalue weighted by Crippen LogP contribution is 2.54. The van der Waals surface area contributed by atoms with Gasteiger partial charge in [0.15, 0.2) is 46.0 Å². The van der Waals surface area contributed by atoms with Crippen molar-refractivity contribution in [2.75, 3.05) is 0 Å². The van der Waals surface area contributed by atoms with E-state index in [4.69, 9.17) is 0 Å². The summed E-state index contributed by atoms with van der Waals surface area (Å²) in [6, 6.07) is 12.9. The van der Waals surface area contributed by atoms with E-state index in [1.807, 2.05) is 0 Å². The molecule has 24 nitrogen and oxygen atoms in total. The van der Waals surface area contributed by atoms with Gasteiger partial charge in [0.1, 0.15) is 78.3 Å². The molecule has 8 aromatic carbocycles. The molecular weight excluding hydrogens is 1600 g/mol. The zero-order chi connectivity index (χ0) is 85.8. The SMILES string of the molecule is CC(C)(C)c1cc2c(O)c(c1)S(=O)(=O)c1cc(C(C)(C)C)cc(c1O)S(=O)(=O)c1cc(C(C)(C)C)cc(c1O)S(=O)(=O)c1cc(C(C)(C)C)cc(c1O)S(=O)(=O)c1cc(C(C)(C)C)cc(c1O)S(=O)(=O)c1cc(C(C)(C)C)cc(c1O)S(=O)(=O)c1cc(C(C)(C)C)cc(c1O)S(=O)(=O)c1cc(C(C)(C)C)cc(c1O)S2(=O)=O. The second-order valence-electron chi connectivity index (χ2n) is 36.6. The van der Waals surface area contributed by atoms with Crippen molar-refractivity contribution in [2.45, 2.75) is 288 Å². The first-order valence-electron chi connectivity index (χ1n) is 35.0. The summed E-state index contributed by atoms with van der Waals surface area (Å²) < 4.78 is 255. The molecular formula is C80H96O24S8. The zero-order valence-corrected chi connectivity index (χ0v) is 73.1. The molecule has 1 heterocycles. The van der Waals surface area contributed by atoms with Crippen LogP contribution >= 0.6 is 0 Å². The predicted octanol–water partition coefficient (Wildman–Crippen LogP) is 14.7. The Hall–Kier alpha value is -8.24. The van der Waals surface area contributed by atoms with Gasteiger partial charge in [0.25, 0.3) is 0 Å². The summed E-state index contributed by atoms with van der Waals surface area (Å²) >= 11 is 0. The molecule has 0 fully saturated rings. The normalized spacial score (nSPS) is 17.6. The first-order chi connectivity index (χ1) is 49.9. The van der Waals surface area contributed by atoms with Crippen LogP contribution in [0.1, 0.15) is 211 Å². The maximum absolute atomic E-state index is 15.9. The lowest BCUT2D eigenvalue weighted by Gasteiger charge is -2.26. The summed E-state index contributed by atoms with van der Waals surface area (Å²) in [5.41, 5.74) is -12.7. The zero-order valence-electron chi connectivity index (χ0n) is 66.6. The summed E-state index contributed by atoms with van der Waals surface area (Å²) in [5.74, 6) is -13.3. The van der Waals surface area contributed by atoms with Crippen LogP contribution in [0, 0.1) is 0 Å². The third-order valence-corrected chi connectivity index (χ3v) is 34.1. The van der Waals surface area contributed by atoms with Crippen LogP contribution in [0.3, 0.4) is 0 Å². The van der Waals surface area contributed by atoms with Crippen molar-refractivity contribution in [2.24, 2.45) is 0 Å². The molecule has 0 radical (unpaired) electrons. The van der Waals surface area contributed by atoms with Gasteiger partial charge in [0, 0.05) is 0 Å². The number of hydrogen-bond donors (Lipinski definition) is 8. The van der Waals surface area contributed by atoms with E-state index in [0.717, 1.165) is 97.1 Å². The van der Waals surface area contributed by atoms with Crippen molar-refractivity contribution in [1.29, 1.82) is 0 Å². The van der Waals surface area contributed by atoms with Crippen molar-refractivity contribution >= 4 is 78.7 Å². The Morgan fingerprint density at radius 1 is 0.143 bits per heavy atom. The highest BCUT2D eigenvalue weighted by molar-refractivity contribution is 7.95. The van der Waals surface area contributed by atoms with Crippen LogP contribution in [-0.4, -0.2) is 108 Å². The van der Waals surface area contributed by atoms with Gasteiger partial charge >= 0.3 is 0 Å². The lowest BCUT2D eigenvalue weighted by atomic mass is 9.87. The molecule has 16 bridgehead atoms. The summed E-state index contributed by atoms with van der Waals surface area (Å²) in [6.07, 6.45) is 0. The monoisotopic (exact) mass is 1700 g/mol. The fourth-order valence-electron chi connectivity index (χ4n) is 12.3. The van der Waals surface area contributed by atoms with Crippen LogP contribution in [0.25, 0.3) is 0 Å². The van der Waals surface area contributed by atoms with Gasteiger partial charge in [-0.15, -0.1) is 0 Å². The highest BCUT2D eigenvalue weighted by Gasteiger charge is 2.46. The number of benzene rings is 8. The fraction of sp³-hybridized carbons (Fsp3) is 0.400. The predicted molar refractivity (Wildman–Crippen MR) is 418 cm³/mol. The molecule has 32 heteroatoms. The lowest BCUT2D eigenvalue weighted by molar-refractivity contribution is 0.429. The number of aromatic hydroxyl groups is 8. The Balaban J connectivity index is 1.56. The van der Waals surface area contributed by atoms with Gasteiger partial charge in [-0.25, -0.2) is 67.3 Å². The Morgan fingerprint density at radius 2 is 0.196 bits per heavy atom. The Labute approximate surface area is 657 Å². The van der Waals surface area contributed by atoms with Gasteiger partial charge in [-0.3, -0.25) is 0 Å². The summed E-state index contributed by atoms with van der Waals surface area (Å²) in [7, 11) is -46.6. The van der Waals surface area contributed by atoms with Crippen LogP contribution in [-0.2, 0) is 122 Å². The first kappa shape index (κ1) is 87.7. The van der Waals surface area contributed by atoms with E-state index < -0.39 is 246 Å². The van der Waals surface area contributed by atoms with E-state index in [0.29, 0.717) is 0 Å². The topological polar surface area (TPSA) is 435 Å². The molecule has 0 aromatic heterocycles. The van der Waals surface area contributed by atoms with Gasteiger partial charge in [0.05, 0.1) is 0 Å². The molecule has 112 heavy (non-hydrogen) atoms. The summed E-state index contributed by atoms with van der Waals surface area (Å²) in [4.78, 5) is -21.6. The van der Waals surface area contributed by atoms with Gasteiger partial charge in [-0.05, 0) is 185 Å². The molecule has 0 amide bonds. The quantitative estimate of drug-likeness (QED) is 0.0699. The largest absolute Gasteiger partial charge is 0.505 e. The van der Waals surface area contributed by atoms with Gasteiger partial charge < -0.3 is 40.9 Å². The second kappa shape index (κ2) is 26.7. The van der Waals surface area contributed by atoms with E-state index in [1.165, 1.54) is 166 Å². The first-order valence-corrected chi connectivity index (χ1v) is 46.8. The Kier molecular flexibility index (Phi) is 20.9.